The fourth-order valence-corrected chi connectivity index (χ4v) is 4.19. The highest BCUT2D eigenvalue weighted by atomic mass is 16.4. The predicted molar refractivity (Wildman–Crippen MR) is 109 cm³/mol. The Morgan fingerprint density at radius 2 is 1.66 bits per heavy atom. The molecule has 29 heavy (non-hydrogen) atoms. The van der Waals surface area contributed by atoms with E-state index >= 15 is 0 Å². The molecule has 2 atom stereocenters. The van der Waals surface area contributed by atoms with E-state index in [1.807, 2.05) is 30.3 Å². The van der Waals surface area contributed by atoms with Gasteiger partial charge in [-0.15, -0.1) is 0 Å². The van der Waals surface area contributed by atoms with Gasteiger partial charge in [0.15, 0.2) is 0 Å². The van der Waals surface area contributed by atoms with Gasteiger partial charge in [-0.2, -0.15) is 0 Å². The number of carbonyl (C=O) groups excluding carboxylic acids is 2. The monoisotopic (exact) mass is 392 g/mol. The smallest absolute Gasteiger partial charge is 0.308 e. The third kappa shape index (κ3) is 3.88. The first-order chi connectivity index (χ1) is 14.0. The summed E-state index contributed by atoms with van der Waals surface area (Å²) in [6.07, 6.45) is 2.10. The van der Waals surface area contributed by atoms with Gasteiger partial charge in [-0.05, 0) is 55.0 Å². The van der Waals surface area contributed by atoms with Crippen molar-refractivity contribution >= 4 is 23.5 Å². The maximum atomic E-state index is 13.0. The molecule has 1 saturated heterocycles. The van der Waals surface area contributed by atoms with Crippen LogP contribution in [0.15, 0.2) is 54.6 Å². The van der Waals surface area contributed by atoms with Crippen molar-refractivity contribution in [3.05, 3.63) is 65.7 Å². The molecule has 4 rings (SSSR count). The van der Waals surface area contributed by atoms with Crippen LogP contribution in [0.5, 0.6) is 0 Å². The summed E-state index contributed by atoms with van der Waals surface area (Å²) in [6.45, 7) is 0.708. The van der Waals surface area contributed by atoms with Gasteiger partial charge in [0, 0.05) is 37.0 Å². The molecule has 1 N–H and O–H groups in total. The van der Waals surface area contributed by atoms with E-state index in [4.69, 9.17) is 0 Å². The molecule has 2 amide bonds. The molecule has 150 valence electrons. The first kappa shape index (κ1) is 19.2. The molecule has 1 aliphatic carbocycles. The number of nitrogens with zero attached hydrogens (tertiary/aromatic N) is 2. The topological polar surface area (TPSA) is 77.9 Å². The number of anilines is 1. The number of carboxylic acids is 1. The van der Waals surface area contributed by atoms with Crippen molar-refractivity contribution < 1.29 is 19.5 Å². The molecule has 2 fully saturated rings. The van der Waals surface area contributed by atoms with Gasteiger partial charge < -0.3 is 14.9 Å². The zero-order valence-electron chi connectivity index (χ0n) is 16.3. The van der Waals surface area contributed by atoms with Crippen LogP contribution >= 0.6 is 0 Å². The van der Waals surface area contributed by atoms with Crippen LogP contribution in [0.3, 0.4) is 0 Å². The van der Waals surface area contributed by atoms with E-state index in [9.17, 15) is 19.5 Å². The van der Waals surface area contributed by atoms with Crippen molar-refractivity contribution in [2.45, 2.75) is 12.8 Å². The second-order valence-corrected chi connectivity index (χ2v) is 7.94. The minimum Gasteiger partial charge on any atom is -0.481 e. The van der Waals surface area contributed by atoms with Gasteiger partial charge in [0.2, 0.25) is 0 Å². The van der Waals surface area contributed by atoms with Crippen LogP contribution in [0.2, 0.25) is 0 Å². The highest BCUT2D eigenvalue weighted by Crippen LogP contribution is 2.44. The van der Waals surface area contributed by atoms with E-state index in [0.29, 0.717) is 23.6 Å². The fraction of sp³-hybridized carbons (Fsp3) is 0.348. The Balaban J connectivity index is 1.52. The zero-order valence-corrected chi connectivity index (χ0v) is 16.3. The summed E-state index contributed by atoms with van der Waals surface area (Å²) in [5, 5.41) is 9.53. The van der Waals surface area contributed by atoms with Gasteiger partial charge in [-0.3, -0.25) is 14.4 Å². The van der Waals surface area contributed by atoms with E-state index in [-0.39, 0.29) is 24.3 Å². The zero-order chi connectivity index (χ0) is 20.5. The lowest BCUT2D eigenvalue weighted by atomic mass is 9.92. The molecule has 0 spiro atoms. The molecule has 1 saturated carbocycles. The van der Waals surface area contributed by atoms with Crippen LogP contribution in [-0.2, 0) is 4.79 Å². The second kappa shape index (κ2) is 7.70. The van der Waals surface area contributed by atoms with Crippen molar-refractivity contribution in [2.75, 3.05) is 25.0 Å². The highest BCUT2D eigenvalue weighted by Gasteiger charge is 2.46. The van der Waals surface area contributed by atoms with Gasteiger partial charge in [-0.1, -0.05) is 24.3 Å². The number of carboxylic acid groups (broad SMARTS) is 1. The minimum absolute atomic E-state index is 0.0329. The van der Waals surface area contributed by atoms with Crippen molar-refractivity contribution in [1.29, 1.82) is 0 Å². The van der Waals surface area contributed by atoms with Crippen LogP contribution in [0.1, 0.15) is 33.6 Å². The highest BCUT2D eigenvalue weighted by molar-refractivity contribution is 6.07. The van der Waals surface area contributed by atoms with Crippen LogP contribution in [0.4, 0.5) is 5.69 Å². The van der Waals surface area contributed by atoms with Gasteiger partial charge in [0.05, 0.1) is 5.92 Å². The second-order valence-electron chi connectivity index (χ2n) is 7.94. The summed E-state index contributed by atoms with van der Waals surface area (Å²) in [7, 11) is 1.70. The number of para-hydroxylation sites is 1. The quantitative estimate of drug-likeness (QED) is 0.848. The Morgan fingerprint density at radius 1 is 0.966 bits per heavy atom. The lowest BCUT2D eigenvalue weighted by Gasteiger charge is -2.19. The molecular weight excluding hydrogens is 368 g/mol. The number of hydrogen-bond acceptors (Lipinski definition) is 3. The summed E-state index contributed by atoms with van der Waals surface area (Å²) < 4.78 is 0. The fourth-order valence-electron chi connectivity index (χ4n) is 4.19. The molecule has 2 aromatic carbocycles. The molecular formula is C23H24N2O4. The maximum absolute atomic E-state index is 13.0. The summed E-state index contributed by atoms with van der Waals surface area (Å²) in [4.78, 5) is 40.7. The maximum Gasteiger partial charge on any atom is 0.308 e. The Morgan fingerprint density at radius 3 is 2.31 bits per heavy atom. The van der Waals surface area contributed by atoms with Crippen LogP contribution in [-0.4, -0.2) is 47.9 Å². The number of amides is 2. The van der Waals surface area contributed by atoms with Gasteiger partial charge in [0.25, 0.3) is 11.8 Å². The number of carbonyl (C=O) groups is 3. The first-order valence-corrected chi connectivity index (χ1v) is 9.91. The van der Waals surface area contributed by atoms with E-state index in [1.54, 1.807) is 41.1 Å². The lowest BCUT2D eigenvalue weighted by Crippen LogP contribution is -2.30. The molecule has 0 radical (unpaired) electrons. The Kier molecular flexibility index (Phi) is 5.09. The Bertz CT molecular complexity index is 939. The third-order valence-electron chi connectivity index (χ3n) is 6.00. The lowest BCUT2D eigenvalue weighted by molar-refractivity contribution is -0.142. The van der Waals surface area contributed by atoms with Gasteiger partial charge in [-0.25, -0.2) is 0 Å². The third-order valence-corrected chi connectivity index (χ3v) is 6.00. The van der Waals surface area contributed by atoms with Gasteiger partial charge >= 0.3 is 5.97 Å². The summed E-state index contributed by atoms with van der Waals surface area (Å²) in [5.74, 6) is -1.29. The Labute approximate surface area is 169 Å². The van der Waals surface area contributed by atoms with Gasteiger partial charge in [0.1, 0.15) is 0 Å². The first-order valence-electron chi connectivity index (χ1n) is 9.91. The predicted octanol–water partition coefficient (Wildman–Crippen LogP) is 3.15. The summed E-state index contributed by atoms with van der Waals surface area (Å²) in [5.41, 5.74) is 1.61. The molecule has 2 aromatic rings. The molecule has 2 aliphatic rings. The van der Waals surface area contributed by atoms with Crippen LogP contribution < -0.4 is 4.90 Å². The average Bonchev–Trinajstić information content (AvgIpc) is 3.50. The largest absolute Gasteiger partial charge is 0.481 e. The number of hydrogen-bond donors (Lipinski definition) is 1. The van der Waals surface area contributed by atoms with E-state index in [0.717, 1.165) is 18.5 Å². The number of aliphatic carboxylic acids is 1. The minimum atomic E-state index is -0.828. The van der Waals surface area contributed by atoms with E-state index in [1.165, 1.54) is 0 Å². The van der Waals surface area contributed by atoms with Crippen molar-refractivity contribution in [2.24, 2.45) is 17.8 Å². The molecule has 0 bridgehead atoms. The van der Waals surface area contributed by atoms with Crippen molar-refractivity contribution in [3.63, 3.8) is 0 Å². The molecule has 6 nitrogen and oxygen atoms in total. The molecule has 1 heterocycles. The Hall–Kier alpha value is -3.15. The average molecular weight is 392 g/mol. The molecule has 6 heteroatoms. The molecule has 0 aromatic heterocycles. The molecule has 0 unspecified atom stereocenters. The standard InChI is InChI=1S/C23H24N2O4/c1-24(18-8-3-2-4-9-18)21(26)16-6-5-7-17(12-16)22(27)25-13-19(15-10-11-15)20(14-25)23(28)29/h2-9,12,15,19-20H,10-11,13-14H2,1H3,(H,28,29)/t19-,20+/m1/s1. The number of likely N-dealkylation sites (tertiary alicyclic amines) is 1. The van der Waals surface area contributed by atoms with E-state index in [2.05, 4.69) is 0 Å². The van der Waals surface area contributed by atoms with E-state index < -0.39 is 11.9 Å². The SMILES string of the molecule is CN(C(=O)c1cccc(C(=O)N2C[C@H](C(=O)O)[C@@H](C3CC3)C2)c1)c1ccccc1. The van der Waals surface area contributed by atoms with Crippen LogP contribution in [0, 0.1) is 17.8 Å². The molecule has 1 aliphatic heterocycles. The van der Waals surface area contributed by atoms with Crippen molar-refractivity contribution in [1.82, 2.24) is 4.90 Å². The summed E-state index contributed by atoms with van der Waals surface area (Å²) in [6, 6.07) is 16.0. The normalized spacial score (nSPS) is 21.1. The number of rotatable bonds is 5. The van der Waals surface area contributed by atoms with Crippen LogP contribution in [0.25, 0.3) is 0 Å². The summed E-state index contributed by atoms with van der Waals surface area (Å²) >= 11 is 0. The van der Waals surface area contributed by atoms with Crippen molar-refractivity contribution in [3.8, 4) is 0 Å². The number of benzene rings is 2.